The van der Waals surface area contributed by atoms with Crippen molar-refractivity contribution in [2.45, 2.75) is 17.2 Å². The first-order chi connectivity index (χ1) is 12.1. The molecule has 1 unspecified atom stereocenters. The highest BCUT2D eigenvalue weighted by Crippen LogP contribution is 2.37. The third-order valence-electron chi connectivity index (χ3n) is 3.90. The second-order valence-electron chi connectivity index (χ2n) is 5.83. The third-order valence-corrected chi connectivity index (χ3v) is 5.03. The van der Waals surface area contributed by atoms with Crippen molar-refractivity contribution >= 4 is 21.0 Å². The fraction of sp³-hybridized carbons (Fsp3) is 0.167. The summed E-state index contributed by atoms with van der Waals surface area (Å²) in [6, 6.07) is 7.92. The van der Waals surface area contributed by atoms with Gasteiger partial charge >= 0.3 is 6.18 Å². The molecule has 1 aromatic carbocycles. The van der Waals surface area contributed by atoms with Crippen LogP contribution >= 0.6 is 0 Å². The van der Waals surface area contributed by atoms with E-state index >= 15 is 0 Å². The molecule has 0 bridgehead atoms. The van der Waals surface area contributed by atoms with Gasteiger partial charge in [-0.15, -0.1) is 0 Å². The zero-order valence-electron chi connectivity index (χ0n) is 13.5. The SMILES string of the molecule is CS(=O)(=O)c1ccc(C2=CC(F)C=C2c2ccc(C(F)(F)F)cn2)cc1. The van der Waals surface area contributed by atoms with Crippen LogP contribution in [-0.4, -0.2) is 25.8 Å². The molecule has 0 aliphatic heterocycles. The fourth-order valence-electron chi connectivity index (χ4n) is 2.62. The number of rotatable bonds is 3. The maximum absolute atomic E-state index is 13.9. The van der Waals surface area contributed by atoms with Crippen LogP contribution in [0.3, 0.4) is 0 Å². The molecule has 136 valence electrons. The molecular weight excluding hydrogens is 370 g/mol. The predicted molar refractivity (Wildman–Crippen MR) is 89.6 cm³/mol. The van der Waals surface area contributed by atoms with Crippen LogP contribution in [0.2, 0.25) is 0 Å². The molecule has 3 rings (SSSR count). The third kappa shape index (κ3) is 3.70. The number of nitrogens with zero attached hydrogens (tertiary/aromatic N) is 1. The maximum atomic E-state index is 13.9. The average molecular weight is 383 g/mol. The Morgan fingerprint density at radius 1 is 0.962 bits per heavy atom. The van der Waals surface area contributed by atoms with Gasteiger partial charge in [0.15, 0.2) is 9.84 Å². The van der Waals surface area contributed by atoms with E-state index in [-0.39, 0.29) is 10.6 Å². The molecule has 0 fully saturated rings. The van der Waals surface area contributed by atoms with Gasteiger partial charge in [0.05, 0.1) is 16.2 Å². The highest BCUT2D eigenvalue weighted by atomic mass is 32.2. The maximum Gasteiger partial charge on any atom is 0.417 e. The monoisotopic (exact) mass is 383 g/mol. The van der Waals surface area contributed by atoms with E-state index in [1.807, 2.05) is 0 Å². The number of sulfone groups is 1. The van der Waals surface area contributed by atoms with Gasteiger partial charge in [0, 0.05) is 18.0 Å². The van der Waals surface area contributed by atoms with E-state index in [0.29, 0.717) is 22.9 Å². The van der Waals surface area contributed by atoms with E-state index in [0.717, 1.165) is 12.3 Å². The Morgan fingerprint density at radius 3 is 2.08 bits per heavy atom. The molecule has 0 amide bonds. The van der Waals surface area contributed by atoms with E-state index in [1.54, 1.807) is 0 Å². The fourth-order valence-corrected chi connectivity index (χ4v) is 3.25. The molecule has 2 aromatic rings. The van der Waals surface area contributed by atoms with E-state index in [1.165, 1.54) is 42.5 Å². The molecule has 3 nitrogen and oxygen atoms in total. The molecule has 0 radical (unpaired) electrons. The van der Waals surface area contributed by atoms with Crippen molar-refractivity contribution in [1.29, 1.82) is 0 Å². The molecule has 0 spiro atoms. The lowest BCUT2D eigenvalue weighted by molar-refractivity contribution is -0.137. The van der Waals surface area contributed by atoms with Gasteiger partial charge in [-0.2, -0.15) is 13.2 Å². The average Bonchev–Trinajstić information content (AvgIpc) is 2.95. The number of alkyl halides is 4. The molecule has 0 saturated heterocycles. The Hall–Kier alpha value is -2.48. The Bertz CT molecular complexity index is 989. The number of benzene rings is 1. The summed E-state index contributed by atoms with van der Waals surface area (Å²) in [5.41, 5.74) is 0.671. The molecule has 0 N–H and O–H groups in total. The molecule has 1 heterocycles. The standard InChI is InChI=1S/C18H13F4NO2S/c1-26(24,25)14-5-2-11(3-6-14)15-8-13(19)9-16(15)17-7-4-12(10-23-17)18(20,21)22/h2-10,13H,1H3. The first-order valence-electron chi connectivity index (χ1n) is 7.48. The van der Waals surface area contributed by atoms with Crippen molar-refractivity contribution in [2.75, 3.05) is 6.26 Å². The smallest absolute Gasteiger partial charge is 0.256 e. The molecule has 1 aromatic heterocycles. The molecule has 1 atom stereocenters. The van der Waals surface area contributed by atoms with Crippen LogP contribution in [-0.2, 0) is 16.0 Å². The first-order valence-corrected chi connectivity index (χ1v) is 9.37. The lowest BCUT2D eigenvalue weighted by Crippen LogP contribution is -2.05. The second-order valence-corrected chi connectivity index (χ2v) is 7.85. The van der Waals surface area contributed by atoms with Gasteiger partial charge in [-0.05, 0) is 47.6 Å². The Balaban J connectivity index is 1.96. The first kappa shape index (κ1) is 18.3. The van der Waals surface area contributed by atoms with Crippen LogP contribution in [0, 0.1) is 0 Å². The zero-order valence-corrected chi connectivity index (χ0v) is 14.3. The quantitative estimate of drug-likeness (QED) is 0.742. The summed E-state index contributed by atoms with van der Waals surface area (Å²) >= 11 is 0. The van der Waals surface area contributed by atoms with Crippen LogP contribution in [0.5, 0.6) is 0 Å². The van der Waals surface area contributed by atoms with Gasteiger partial charge in [-0.1, -0.05) is 12.1 Å². The lowest BCUT2D eigenvalue weighted by Gasteiger charge is -2.11. The van der Waals surface area contributed by atoms with Crippen molar-refractivity contribution in [1.82, 2.24) is 4.98 Å². The minimum absolute atomic E-state index is 0.120. The van der Waals surface area contributed by atoms with Crippen molar-refractivity contribution in [3.63, 3.8) is 0 Å². The molecule has 0 saturated carbocycles. The summed E-state index contributed by atoms with van der Waals surface area (Å²) in [6.45, 7) is 0. The van der Waals surface area contributed by atoms with Crippen LogP contribution < -0.4 is 0 Å². The molecular formula is C18H13F4NO2S. The van der Waals surface area contributed by atoms with E-state index in [9.17, 15) is 26.0 Å². The van der Waals surface area contributed by atoms with Gasteiger partial charge < -0.3 is 0 Å². The summed E-state index contributed by atoms with van der Waals surface area (Å²) in [5.74, 6) is 0. The Labute approximate surface area is 147 Å². The van der Waals surface area contributed by atoms with Crippen molar-refractivity contribution in [3.8, 4) is 0 Å². The lowest BCUT2D eigenvalue weighted by atomic mass is 9.98. The summed E-state index contributed by atoms with van der Waals surface area (Å²) in [4.78, 5) is 3.92. The van der Waals surface area contributed by atoms with Crippen molar-refractivity contribution in [3.05, 3.63) is 71.6 Å². The molecule has 1 aliphatic carbocycles. The number of allylic oxidation sites excluding steroid dienone is 4. The van der Waals surface area contributed by atoms with Gasteiger partial charge in [0.1, 0.15) is 6.17 Å². The van der Waals surface area contributed by atoms with Gasteiger partial charge in [-0.25, -0.2) is 12.8 Å². The van der Waals surface area contributed by atoms with Crippen LogP contribution in [0.15, 0.2) is 59.6 Å². The summed E-state index contributed by atoms with van der Waals surface area (Å²) in [6.07, 6.45) is -1.56. The zero-order chi connectivity index (χ0) is 19.1. The van der Waals surface area contributed by atoms with Gasteiger partial charge in [-0.3, -0.25) is 4.98 Å². The number of hydrogen-bond acceptors (Lipinski definition) is 3. The minimum Gasteiger partial charge on any atom is -0.256 e. The predicted octanol–water partition coefficient (Wildman–Crippen LogP) is 4.32. The Morgan fingerprint density at radius 2 is 1.58 bits per heavy atom. The normalized spacial score (nSPS) is 17.8. The molecule has 8 heteroatoms. The van der Waals surface area contributed by atoms with Crippen LogP contribution in [0.4, 0.5) is 17.6 Å². The van der Waals surface area contributed by atoms with Crippen molar-refractivity contribution < 1.29 is 26.0 Å². The van der Waals surface area contributed by atoms with E-state index in [2.05, 4.69) is 4.98 Å². The Kier molecular flexibility index (Phi) is 4.47. The highest BCUT2D eigenvalue weighted by Gasteiger charge is 2.31. The van der Waals surface area contributed by atoms with E-state index in [4.69, 9.17) is 0 Å². The number of halogens is 4. The summed E-state index contributed by atoms with van der Waals surface area (Å²) in [7, 11) is -3.37. The second kappa shape index (κ2) is 6.35. The largest absolute Gasteiger partial charge is 0.417 e. The minimum atomic E-state index is -4.50. The van der Waals surface area contributed by atoms with Gasteiger partial charge in [0.25, 0.3) is 0 Å². The number of aromatic nitrogens is 1. The van der Waals surface area contributed by atoms with E-state index < -0.39 is 27.7 Å². The number of hydrogen-bond donors (Lipinski definition) is 0. The summed E-state index contributed by atoms with van der Waals surface area (Å²) < 4.78 is 74.9. The van der Waals surface area contributed by atoms with Gasteiger partial charge in [0.2, 0.25) is 0 Å². The molecule has 26 heavy (non-hydrogen) atoms. The van der Waals surface area contributed by atoms with Crippen molar-refractivity contribution in [2.24, 2.45) is 0 Å². The molecule has 1 aliphatic rings. The van der Waals surface area contributed by atoms with Crippen LogP contribution in [0.25, 0.3) is 11.1 Å². The topological polar surface area (TPSA) is 47.0 Å². The number of pyridine rings is 1. The van der Waals surface area contributed by atoms with Crippen LogP contribution in [0.1, 0.15) is 16.8 Å². The summed E-state index contributed by atoms with van der Waals surface area (Å²) in [5, 5.41) is 0. The highest BCUT2D eigenvalue weighted by molar-refractivity contribution is 7.90.